The number of carbonyl (C=O) groups is 2. The highest BCUT2D eigenvalue weighted by Gasteiger charge is 2.29. The normalized spacial score (nSPS) is 17.4. The van der Waals surface area contributed by atoms with Gasteiger partial charge in [0.05, 0.1) is 12.8 Å². The number of benzene rings is 1. The SMILES string of the molecule is O=C(Cc1ccccc1)Nc1nnc([C@H]2CCC[C@H](c3nnc(NC(=O)Cc4cccnc4)s3)C2)s1. The number of pyridine rings is 1. The van der Waals surface area contributed by atoms with Gasteiger partial charge in [-0.1, -0.05) is 65.5 Å². The van der Waals surface area contributed by atoms with E-state index in [0.29, 0.717) is 16.7 Å². The van der Waals surface area contributed by atoms with E-state index >= 15 is 0 Å². The molecule has 0 radical (unpaired) electrons. The average Bonchev–Trinajstić information content (AvgIpc) is 3.55. The fourth-order valence-electron chi connectivity index (χ4n) is 4.33. The van der Waals surface area contributed by atoms with Crippen LogP contribution in [0.3, 0.4) is 0 Å². The summed E-state index contributed by atoms with van der Waals surface area (Å²) in [4.78, 5) is 28.7. The van der Waals surface area contributed by atoms with E-state index in [1.807, 2.05) is 42.5 Å². The Balaban J connectivity index is 1.15. The predicted octanol–water partition coefficient (Wildman–Crippen LogP) is 4.59. The summed E-state index contributed by atoms with van der Waals surface area (Å²) >= 11 is 2.87. The van der Waals surface area contributed by atoms with Crippen LogP contribution in [0.1, 0.15) is 58.7 Å². The van der Waals surface area contributed by atoms with Gasteiger partial charge in [-0.15, -0.1) is 20.4 Å². The van der Waals surface area contributed by atoms with E-state index in [0.717, 1.165) is 46.8 Å². The molecule has 1 saturated carbocycles. The van der Waals surface area contributed by atoms with Gasteiger partial charge < -0.3 is 10.6 Å². The second-order valence-electron chi connectivity index (χ2n) is 8.75. The fourth-order valence-corrected chi connectivity index (χ4v) is 6.15. The van der Waals surface area contributed by atoms with E-state index in [1.54, 1.807) is 12.4 Å². The van der Waals surface area contributed by atoms with Gasteiger partial charge in [0, 0.05) is 24.2 Å². The van der Waals surface area contributed by atoms with Crippen LogP contribution in [0, 0.1) is 0 Å². The van der Waals surface area contributed by atoms with Crippen LogP contribution in [0.4, 0.5) is 10.3 Å². The van der Waals surface area contributed by atoms with E-state index < -0.39 is 0 Å². The maximum absolute atomic E-state index is 12.4. The van der Waals surface area contributed by atoms with Gasteiger partial charge in [0.1, 0.15) is 10.0 Å². The number of hydrogen-bond donors (Lipinski definition) is 2. The second kappa shape index (κ2) is 11.4. The molecule has 0 unspecified atom stereocenters. The van der Waals surface area contributed by atoms with Crippen molar-refractivity contribution in [2.75, 3.05) is 10.6 Å². The molecular formula is C25H25N7O2S2. The van der Waals surface area contributed by atoms with Crippen molar-refractivity contribution in [1.29, 1.82) is 0 Å². The Bertz CT molecular complexity index is 1210. The zero-order valence-electron chi connectivity index (χ0n) is 19.5. The third-order valence-electron chi connectivity index (χ3n) is 6.04. The number of carbonyl (C=O) groups excluding carboxylic acids is 2. The lowest BCUT2D eigenvalue weighted by atomic mass is 9.82. The summed E-state index contributed by atoms with van der Waals surface area (Å²) < 4.78 is 0. The molecule has 3 aromatic heterocycles. The molecular weight excluding hydrogens is 494 g/mol. The Kier molecular flexibility index (Phi) is 7.67. The van der Waals surface area contributed by atoms with Crippen LogP contribution in [-0.4, -0.2) is 37.2 Å². The summed E-state index contributed by atoms with van der Waals surface area (Å²) in [5, 5.41) is 25.8. The van der Waals surface area contributed by atoms with Gasteiger partial charge in [0.25, 0.3) is 0 Å². The molecule has 2 amide bonds. The quantitative estimate of drug-likeness (QED) is 0.349. The van der Waals surface area contributed by atoms with Crippen molar-refractivity contribution in [2.24, 2.45) is 0 Å². The monoisotopic (exact) mass is 519 g/mol. The minimum atomic E-state index is -0.136. The first-order valence-electron chi connectivity index (χ1n) is 11.8. The van der Waals surface area contributed by atoms with Gasteiger partial charge in [-0.05, 0) is 36.5 Å². The van der Waals surface area contributed by atoms with Crippen molar-refractivity contribution in [2.45, 2.75) is 50.4 Å². The molecule has 5 rings (SSSR count). The summed E-state index contributed by atoms with van der Waals surface area (Å²) in [5.74, 6) is 0.277. The van der Waals surface area contributed by atoms with E-state index in [4.69, 9.17) is 0 Å². The van der Waals surface area contributed by atoms with Crippen molar-refractivity contribution >= 4 is 44.8 Å². The lowest BCUT2D eigenvalue weighted by molar-refractivity contribution is -0.116. The Hall–Kier alpha value is -3.57. The van der Waals surface area contributed by atoms with E-state index in [9.17, 15) is 9.59 Å². The molecule has 1 aliphatic rings. The molecule has 36 heavy (non-hydrogen) atoms. The van der Waals surface area contributed by atoms with Crippen molar-refractivity contribution < 1.29 is 9.59 Å². The van der Waals surface area contributed by atoms with Crippen molar-refractivity contribution in [3.05, 3.63) is 76.0 Å². The Morgan fingerprint density at radius 3 is 1.94 bits per heavy atom. The highest BCUT2D eigenvalue weighted by atomic mass is 32.1. The summed E-state index contributed by atoms with van der Waals surface area (Å²) in [5.41, 5.74) is 1.81. The molecule has 4 aromatic rings. The Morgan fingerprint density at radius 1 is 0.778 bits per heavy atom. The number of hydrogen-bond acceptors (Lipinski definition) is 9. The van der Waals surface area contributed by atoms with Crippen LogP contribution < -0.4 is 10.6 Å². The van der Waals surface area contributed by atoms with Crippen LogP contribution in [-0.2, 0) is 22.4 Å². The minimum absolute atomic E-state index is 0.0996. The molecule has 1 aliphatic carbocycles. The third-order valence-corrected chi connectivity index (χ3v) is 8.04. The number of aromatic nitrogens is 5. The molecule has 0 aliphatic heterocycles. The minimum Gasteiger partial charge on any atom is -0.300 e. The molecule has 0 spiro atoms. The van der Waals surface area contributed by atoms with Crippen molar-refractivity contribution in [3.8, 4) is 0 Å². The highest BCUT2D eigenvalue weighted by molar-refractivity contribution is 7.15. The fraction of sp³-hybridized carbons (Fsp3) is 0.320. The number of rotatable bonds is 8. The average molecular weight is 520 g/mol. The van der Waals surface area contributed by atoms with Crippen LogP contribution in [0.25, 0.3) is 0 Å². The smallest absolute Gasteiger partial charge is 0.230 e. The van der Waals surface area contributed by atoms with Crippen molar-refractivity contribution in [1.82, 2.24) is 25.4 Å². The predicted molar refractivity (Wildman–Crippen MR) is 139 cm³/mol. The molecule has 1 fully saturated rings. The molecule has 0 saturated heterocycles. The summed E-state index contributed by atoms with van der Waals surface area (Å²) in [7, 11) is 0. The first kappa shape index (κ1) is 24.1. The number of nitrogens with one attached hydrogen (secondary N) is 2. The first-order chi connectivity index (χ1) is 17.6. The lowest BCUT2D eigenvalue weighted by Gasteiger charge is -2.25. The largest absolute Gasteiger partial charge is 0.300 e. The number of amides is 2. The van der Waals surface area contributed by atoms with Crippen LogP contribution in [0.2, 0.25) is 0 Å². The Labute approximate surface area is 216 Å². The lowest BCUT2D eigenvalue weighted by Crippen LogP contribution is -2.14. The van der Waals surface area contributed by atoms with Gasteiger partial charge in [0.15, 0.2) is 0 Å². The van der Waals surface area contributed by atoms with Crippen LogP contribution in [0.5, 0.6) is 0 Å². The van der Waals surface area contributed by atoms with E-state index in [2.05, 4.69) is 36.0 Å². The number of anilines is 2. The van der Waals surface area contributed by atoms with Crippen LogP contribution in [0.15, 0.2) is 54.9 Å². The third kappa shape index (κ3) is 6.35. The van der Waals surface area contributed by atoms with Crippen molar-refractivity contribution in [3.63, 3.8) is 0 Å². The maximum Gasteiger partial charge on any atom is 0.230 e. The zero-order chi connectivity index (χ0) is 24.7. The maximum atomic E-state index is 12.4. The zero-order valence-corrected chi connectivity index (χ0v) is 21.1. The second-order valence-corrected chi connectivity index (χ2v) is 10.8. The van der Waals surface area contributed by atoms with Gasteiger partial charge in [-0.25, -0.2) is 0 Å². The summed E-state index contributed by atoms with van der Waals surface area (Å²) in [6.45, 7) is 0. The molecule has 2 atom stereocenters. The highest BCUT2D eigenvalue weighted by Crippen LogP contribution is 2.43. The summed E-state index contributed by atoms with van der Waals surface area (Å²) in [6, 6.07) is 13.3. The Morgan fingerprint density at radius 2 is 1.36 bits per heavy atom. The number of nitrogens with zero attached hydrogens (tertiary/aromatic N) is 5. The topological polar surface area (TPSA) is 123 Å². The van der Waals surface area contributed by atoms with E-state index in [1.165, 1.54) is 22.7 Å². The van der Waals surface area contributed by atoms with Gasteiger partial charge >= 0.3 is 0 Å². The molecule has 184 valence electrons. The van der Waals surface area contributed by atoms with Gasteiger partial charge in [0.2, 0.25) is 22.1 Å². The molecule has 1 aromatic carbocycles. The van der Waals surface area contributed by atoms with Crippen LogP contribution >= 0.6 is 22.7 Å². The molecule has 2 N–H and O–H groups in total. The van der Waals surface area contributed by atoms with E-state index in [-0.39, 0.29) is 30.1 Å². The molecule has 9 nitrogen and oxygen atoms in total. The molecule has 3 heterocycles. The first-order valence-corrected chi connectivity index (χ1v) is 13.4. The standard InChI is InChI=1S/C25H25N7O2S2/c33-20(12-16-6-2-1-3-7-16)27-24-31-29-22(35-24)18-9-4-10-19(14-18)23-30-32-25(36-23)28-21(34)13-17-8-5-11-26-15-17/h1-3,5-8,11,15,18-19H,4,9-10,12-14H2,(H,27,31,33)(H,28,32,34)/t18-,19-/m0/s1. The summed E-state index contributed by atoms with van der Waals surface area (Å²) in [6.07, 6.45) is 7.90. The molecule has 11 heteroatoms. The van der Waals surface area contributed by atoms with Gasteiger partial charge in [-0.2, -0.15) is 0 Å². The molecule has 0 bridgehead atoms. The van der Waals surface area contributed by atoms with Gasteiger partial charge in [-0.3, -0.25) is 14.6 Å².